The van der Waals surface area contributed by atoms with Crippen LogP contribution in [0.1, 0.15) is 0 Å². The van der Waals surface area contributed by atoms with Crippen LogP contribution in [0.4, 0.5) is 0 Å². The van der Waals surface area contributed by atoms with Gasteiger partial charge in [-0.05, 0) is 6.08 Å². The summed E-state index contributed by atoms with van der Waals surface area (Å²) >= 11 is 0. The summed E-state index contributed by atoms with van der Waals surface area (Å²) in [7, 11) is 0. The van der Waals surface area contributed by atoms with Crippen LogP contribution in [0.3, 0.4) is 0 Å². The third-order valence-corrected chi connectivity index (χ3v) is 0.311. The number of aliphatic hydroxyl groups excluding tert-OH is 3. The number of aliphatic hydroxyl groups is 4. The first kappa shape index (κ1) is 11.4. The van der Waals surface area contributed by atoms with E-state index in [1.807, 2.05) is 0 Å². The van der Waals surface area contributed by atoms with Gasteiger partial charge in [0, 0.05) is 0 Å². The Labute approximate surface area is 53.7 Å². The van der Waals surface area contributed by atoms with Crippen LogP contribution in [0.5, 0.6) is 0 Å². The Balaban J connectivity index is 0. The van der Waals surface area contributed by atoms with E-state index >= 15 is 0 Å². The lowest BCUT2D eigenvalue weighted by Gasteiger charge is -1.84. The molecule has 0 aromatic carbocycles. The molecule has 0 fully saturated rings. The number of hydrogen-bond acceptors (Lipinski definition) is 4. The molecular weight excluding hydrogens is 124 g/mol. The molecule has 0 aromatic heterocycles. The van der Waals surface area contributed by atoms with Crippen molar-refractivity contribution >= 4 is 0 Å². The van der Waals surface area contributed by atoms with E-state index in [2.05, 4.69) is 6.58 Å². The largest absolute Gasteiger partial charge is 0.394 e. The van der Waals surface area contributed by atoms with Gasteiger partial charge in [0.05, 0.1) is 13.2 Å². The molecule has 4 nitrogen and oxygen atoms in total. The molecule has 0 radical (unpaired) electrons. The highest BCUT2D eigenvalue weighted by Gasteiger charge is 1.76. The Bertz CT molecular complexity index is 50.9. The molecule has 4 N–H and O–H groups in total. The first-order chi connectivity index (χ1) is 4.18. The molecule has 0 heterocycles. The maximum Gasteiger partial charge on any atom is 0.170 e. The van der Waals surface area contributed by atoms with Gasteiger partial charge in [0.1, 0.15) is 0 Å². The number of hydrogen-bond donors (Lipinski definition) is 4. The van der Waals surface area contributed by atoms with Crippen LogP contribution in [0.2, 0.25) is 0 Å². The van der Waals surface area contributed by atoms with Crippen molar-refractivity contribution in [3.63, 3.8) is 0 Å². The third-order valence-electron chi connectivity index (χ3n) is 0.311. The fraction of sp³-hybridized carbons (Fsp3) is 0.600. The highest BCUT2D eigenvalue weighted by molar-refractivity contribution is 4.66. The van der Waals surface area contributed by atoms with Gasteiger partial charge in [-0.2, -0.15) is 0 Å². The van der Waals surface area contributed by atoms with Crippen LogP contribution < -0.4 is 0 Å². The second kappa shape index (κ2) is 10.5. The predicted octanol–water partition coefficient (Wildman–Crippen LogP) is -1.55. The minimum atomic E-state index is -1.35. The molecule has 0 saturated carbocycles. The van der Waals surface area contributed by atoms with Gasteiger partial charge >= 0.3 is 0 Å². The Morgan fingerprint density at radius 3 is 1.44 bits per heavy atom. The van der Waals surface area contributed by atoms with Gasteiger partial charge in [-0.1, -0.05) is 6.58 Å². The van der Waals surface area contributed by atoms with Gasteiger partial charge in [-0.25, -0.2) is 0 Å². The highest BCUT2D eigenvalue weighted by atomic mass is 16.5. The van der Waals surface area contributed by atoms with E-state index in [4.69, 9.17) is 20.4 Å². The van der Waals surface area contributed by atoms with Gasteiger partial charge in [0.2, 0.25) is 0 Å². The first-order valence-corrected chi connectivity index (χ1v) is 2.39. The first-order valence-electron chi connectivity index (χ1n) is 2.39. The van der Waals surface area contributed by atoms with Crippen LogP contribution in [0, 0.1) is 0 Å². The SMILES string of the molecule is C=CC(O)O.OCCO. The summed E-state index contributed by atoms with van der Waals surface area (Å²) in [5.74, 6) is 0. The Kier molecular flexibility index (Phi) is 13.3. The van der Waals surface area contributed by atoms with Crippen molar-refractivity contribution in [2.45, 2.75) is 6.29 Å². The zero-order chi connectivity index (χ0) is 7.70. The van der Waals surface area contributed by atoms with E-state index in [1.54, 1.807) is 0 Å². The Morgan fingerprint density at radius 2 is 1.44 bits per heavy atom. The van der Waals surface area contributed by atoms with Gasteiger partial charge in [0.15, 0.2) is 6.29 Å². The quantitative estimate of drug-likeness (QED) is 0.274. The average molecular weight is 136 g/mol. The molecule has 0 rings (SSSR count). The zero-order valence-corrected chi connectivity index (χ0v) is 5.06. The van der Waals surface area contributed by atoms with Crippen molar-refractivity contribution in [1.82, 2.24) is 0 Å². The standard InChI is InChI=1S/C3H6O2.C2H6O2/c1-2-3(4)5;3-1-2-4/h2-5H,1H2;3-4H,1-2H2. The summed E-state index contributed by atoms with van der Waals surface area (Å²) in [6, 6.07) is 0. The van der Waals surface area contributed by atoms with Gasteiger partial charge < -0.3 is 20.4 Å². The lowest BCUT2D eigenvalue weighted by Crippen LogP contribution is -1.95. The van der Waals surface area contributed by atoms with E-state index in [0.717, 1.165) is 6.08 Å². The summed E-state index contributed by atoms with van der Waals surface area (Å²) < 4.78 is 0. The summed E-state index contributed by atoms with van der Waals surface area (Å²) in [5.41, 5.74) is 0. The van der Waals surface area contributed by atoms with Crippen LogP contribution in [-0.4, -0.2) is 39.9 Å². The van der Waals surface area contributed by atoms with E-state index in [-0.39, 0.29) is 13.2 Å². The molecule has 0 bridgehead atoms. The topological polar surface area (TPSA) is 80.9 Å². The smallest absolute Gasteiger partial charge is 0.170 e. The lowest BCUT2D eigenvalue weighted by molar-refractivity contribution is 0.00266. The summed E-state index contributed by atoms with van der Waals surface area (Å²) in [4.78, 5) is 0. The van der Waals surface area contributed by atoms with Crippen molar-refractivity contribution in [2.24, 2.45) is 0 Å². The van der Waals surface area contributed by atoms with Crippen LogP contribution in [0.25, 0.3) is 0 Å². The molecule has 0 saturated heterocycles. The molecule has 0 aliphatic rings. The molecule has 0 unspecified atom stereocenters. The van der Waals surface area contributed by atoms with Crippen LogP contribution >= 0.6 is 0 Å². The van der Waals surface area contributed by atoms with Crippen molar-refractivity contribution in [3.8, 4) is 0 Å². The molecule has 0 aliphatic carbocycles. The zero-order valence-electron chi connectivity index (χ0n) is 5.06. The van der Waals surface area contributed by atoms with Crippen LogP contribution in [-0.2, 0) is 0 Å². The molecule has 4 heteroatoms. The lowest BCUT2D eigenvalue weighted by atomic mass is 10.6. The molecular formula is C5H12O4. The van der Waals surface area contributed by atoms with Crippen molar-refractivity contribution in [3.05, 3.63) is 12.7 Å². The Hall–Kier alpha value is -0.420. The fourth-order valence-corrected chi connectivity index (χ4v) is 0. The van der Waals surface area contributed by atoms with Crippen molar-refractivity contribution in [2.75, 3.05) is 13.2 Å². The molecule has 0 spiro atoms. The molecule has 0 aliphatic heterocycles. The summed E-state index contributed by atoms with van der Waals surface area (Å²) in [6.45, 7) is 2.81. The second-order valence-corrected chi connectivity index (χ2v) is 1.10. The molecule has 56 valence electrons. The minimum Gasteiger partial charge on any atom is -0.394 e. The fourth-order valence-electron chi connectivity index (χ4n) is 0. The molecule has 0 aromatic rings. The normalized spacial score (nSPS) is 8.11. The van der Waals surface area contributed by atoms with E-state index in [9.17, 15) is 0 Å². The van der Waals surface area contributed by atoms with Crippen molar-refractivity contribution < 1.29 is 20.4 Å². The summed E-state index contributed by atoms with van der Waals surface area (Å²) in [6.07, 6.45) is -0.324. The van der Waals surface area contributed by atoms with Gasteiger partial charge in [0.25, 0.3) is 0 Å². The average Bonchev–Trinajstić information content (AvgIpc) is 1.89. The summed E-state index contributed by atoms with van der Waals surface area (Å²) in [5, 5.41) is 30.8. The van der Waals surface area contributed by atoms with E-state index < -0.39 is 6.29 Å². The second-order valence-electron chi connectivity index (χ2n) is 1.10. The highest BCUT2D eigenvalue weighted by Crippen LogP contribution is 1.67. The third kappa shape index (κ3) is 35.5. The van der Waals surface area contributed by atoms with Gasteiger partial charge in [-0.3, -0.25) is 0 Å². The number of rotatable bonds is 2. The maximum atomic E-state index is 7.80. The monoisotopic (exact) mass is 136 g/mol. The van der Waals surface area contributed by atoms with E-state index in [1.165, 1.54) is 0 Å². The minimum absolute atomic E-state index is 0.125. The molecule has 9 heavy (non-hydrogen) atoms. The molecule has 0 atom stereocenters. The Morgan fingerprint density at radius 1 is 1.22 bits per heavy atom. The predicted molar refractivity (Wildman–Crippen MR) is 32.6 cm³/mol. The molecule has 0 amide bonds. The maximum absolute atomic E-state index is 7.80. The van der Waals surface area contributed by atoms with Crippen molar-refractivity contribution in [1.29, 1.82) is 0 Å². The van der Waals surface area contributed by atoms with Crippen LogP contribution in [0.15, 0.2) is 12.7 Å². The van der Waals surface area contributed by atoms with E-state index in [0.29, 0.717) is 0 Å². The van der Waals surface area contributed by atoms with Gasteiger partial charge in [-0.15, -0.1) is 0 Å².